The van der Waals surface area contributed by atoms with Gasteiger partial charge in [-0.25, -0.2) is 0 Å². The van der Waals surface area contributed by atoms with Crippen LogP contribution in [0.2, 0.25) is 0 Å². The molecule has 3 aromatic carbocycles. The maximum absolute atomic E-state index is 13.5. The second kappa shape index (κ2) is 12.6. The summed E-state index contributed by atoms with van der Waals surface area (Å²) in [6, 6.07) is 16.5. The minimum Gasteiger partial charge on any atom is -0.507 e. The summed E-state index contributed by atoms with van der Waals surface area (Å²) >= 11 is 0. The van der Waals surface area contributed by atoms with Gasteiger partial charge in [0.1, 0.15) is 11.5 Å². The summed E-state index contributed by atoms with van der Waals surface area (Å²) in [5.41, 5.74) is 2.37. The van der Waals surface area contributed by atoms with Crippen molar-refractivity contribution >= 4 is 23.1 Å². The van der Waals surface area contributed by atoms with Crippen molar-refractivity contribution in [3.63, 3.8) is 0 Å². The molecule has 0 aliphatic carbocycles. The zero-order valence-corrected chi connectivity index (χ0v) is 23.5. The third-order valence-electron chi connectivity index (χ3n) is 6.90. The van der Waals surface area contributed by atoms with Gasteiger partial charge in [0.15, 0.2) is 11.5 Å². The number of benzene rings is 3. The molecule has 210 valence electrons. The SMILES string of the molecule is CCCCCOc1ccc(/C(O)=C2\C(=O)C(=O)N(c3ccc(C)cc3)C2c2cc(OC)c(OC)c(OC)c2)cc1. The number of anilines is 1. The molecular formula is C32H35NO7. The molecule has 8 nitrogen and oxygen atoms in total. The lowest BCUT2D eigenvalue weighted by molar-refractivity contribution is -0.132. The lowest BCUT2D eigenvalue weighted by atomic mass is 9.94. The van der Waals surface area contributed by atoms with E-state index in [4.69, 9.17) is 18.9 Å². The van der Waals surface area contributed by atoms with Crippen LogP contribution in [0.1, 0.15) is 48.9 Å². The fourth-order valence-electron chi connectivity index (χ4n) is 4.79. The highest BCUT2D eigenvalue weighted by Gasteiger charge is 2.47. The van der Waals surface area contributed by atoms with Crippen LogP contribution in [0.25, 0.3) is 5.76 Å². The van der Waals surface area contributed by atoms with Crippen molar-refractivity contribution in [1.29, 1.82) is 0 Å². The molecule has 0 spiro atoms. The van der Waals surface area contributed by atoms with Gasteiger partial charge in [-0.3, -0.25) is 14.5 Å². The average Bonchev–Trinajstić information content (AvgIpc) is 3.24. The van der Waals surface area contributed by atoms with E-state index in [1.54, 1.807) is 48.5 Å². The molecule has 1 aliphatic heterocycles. The van der Waals surface area contributed by atoms with Gasteiger partial charge in [0.05, 0.1) is 39.6 Å². The van der Waals surface area contributed by atoms with E-state index in [0.29, 0.717) is 46.4 Å². The van der Waals surface area contributed by atoms with Crippen LogP contribution in [0.5, 0.6) is 23.0 Å². The second-order valence-electron chi connectivity index (χ2n) is 9.54. The van der Waals surface area contributed by atoms with Crippen LogP contribution in [0.4, 0.5) is 5.69 Å². The summed E-state index contributed by atoms with van der Waals surface area (Å²) < 4.78 is 22.3. The molecule has 40 heavy (non-hydrogen) atoms. The molecule has 1 aliphatic rings. The van der Waals surface area contributed by atoms with Gasteiger partial charge in [0.2, 0.25) is 5.75 Å². The molecule has 8 heteroatoms. The topological polar surface area (TPSA) is 94.5 Å². The number of aliphatic hydroxyl groups is 1. The van der Waals surface area contributed by atoms with Crippen LogP contribution in [-0.4, -0.2) is 44.7 Å². The molecule has 1 atom stereocenters. The Kier molecular flexibility index (Phi) is 8.99. The van der Waals surface area contributed by atoms with E-state index in [1.807, 2.05) is 19.1 Å². The molecular weight excluding hydrogens is 510 g/mol. The van der Waals surface area contributed by atoms with E-state index in [1.165, 1.54) is 26.2 Å². The van der Waals surface area contributed by atoms with Gasteiger partial charge in [-0.2, -0.15) is 0 Å². The Morgan fingerprint density at radius 3 is 2.05 bits per heavy atom. The Bertz CT molecular complexity index is 1370. The molecule has 0 saturated carbocycles. The number of nitrogens with zero attached hydrogens (tertiary/aromatic N) is 1. The smallest absolute Gasteiger partial charge is 0.300 e. The van der Waals surface area contributed by atoms with Crippen LogP contribution in [0, 0.1) is 6.92 Å². The number of unbranched alkanes of at least 4 members (excludes halogenated alkanes) is 2. The first-order valence-corrected chi connectivity index (χ1v) is 13.2. The minimum absolute atomic E-state index is 0.0449. The van der Waals surface area contributed by atoms with Gasteiger partial charge in [-0.15, -0.1) is 0 Å². The van der Waals surface area contributed by atoms with Gasteiger partial charge in [-0.05, 0) is 67.4 Å². The predicted molar refractivity (Wildman–Crippen MR) is 154 cm³/mol. The highest BCUT2D eigenvalue weighted by Crippen LogP contribution is 2.47. The number of ketones is 1. The van der Waals surface area contributed by atoms with Gasteiger partial charge in [-0.1, -0.05) is 37.5 Å². The van der Waals surface area contributed by atoms with Crippen molar-refractivity contribution in [2.75, 3.05) is 32.8 Å². The summed E-state index contributed by atoms with van der Waals surface area (Å²) in [4.78, 5) is 28.4. The van der Waals surface area contributed by atoms with Crippen molar-refractivity contribution in [3.05, 3.63) is 82.9 Å². The zero-order chi connectivity index (χ0) is 28.8. The Labute approximate surface area is 234 Å². The molecule has 4 rings (SSSR count). The first-order valence-electron chi connectivity index (χ1n) is 13.2. The monoisotopic (exact) mass is 545 g/mol. The number of aliphatic hydroxyl groups excluding tert-OH is 1. The quantitative estimate of drug-likeness (QED) is 0.132. The average molecular weight is 546 g/mol. The molecule has 1 N–H and O–H groups in total. The zero-order valence-electron chi connectivity index (χ0n) is 23.5. The number of amides is 1. The van der Waals surface area contributed by atoms with Crippen molar-refractivity contribution in [2.45, 2.75) is 39.2 Å². The summed E-state index contributed by atoms with van der Waals surface area (Å²) in [7, 11) is 4.48. The lowest BCUT2D eigenvalue weighted by Gasteiger charge is -2.26. The molecule has 0 bridgehead atoms. The Balaban J connectivity index is 1.85. The van der Waals surface area contributed by atoms with Gasteiger partial charge in [0.25, 0.3) is 11.7 Å². The summed E-state index contributed by atoms with van der Waals surface area (Å²) in [5, 5.41) is 11.5. The van der Waals surface area contributed by atoms with Crippen molar-refractivity contribution < 1.29 is 33.6 Å². The number of carbonyl (C=O) groups excluding carboxylic acids is 2. The van der Waals surface area contributed by atoms with Gasteiger partial charge in [0, 0.05) is 11.3 Å². The van der Waals surface area contributed by atoms with E-state index in [-0.39, 0.29) is 11.3 Å². The number of hydrogen-bond donors (Lipinski definition) is 1. The van der Waals surface area contributed by atoms with Crippen LogP contribution < -0.4 is 23.8 Å². The number of Topliss-reactive ketones (excluding diaryl/α,β-unsaturated/α-hetero) is 1. The molecule has 0 aromatic heterocycles. The van der Waals surface area contributed by atoms with E-state index in [2.05, 4.69) is 6.92 Å². The molecule has 1 fully saturated rings. The van der Waals surface area contributed by atoms with Crippen molar-refractivity contribution in [3.8, 4) is 23.0 Å². The van der Waals surface area contributed by atoms with Gasteiger partial charge >= 0.3 is 0 Å². The number of hydrogen-bond acceptors (Lipinski definition) is 7. The van der Waals surface area contributed by atoms with E-state index < -0.39 is 17.7 Å². The fraction of sp³-hybridized carbons (Fsp3) is 0.312. The highest BCUT2D eigenvalue weighted by atomic mass is 16.5. The van der Waals surface area contributed by atoms with Crippen LogP contribution in [-0.2, 0) is 9.59 Å². The number of carbonyl (C=O) groups is 2. The van der Waals surface area contributed by atoms with E-state index in [9.17, 15) is 14.7 Å². The van der Waals surface area contributed by atoms with Gasteiger partial charge < -0.3 is 24.1 Å². The van der Waals surface area contributed by atoms with E-state index in [0.717, 1.165) is 24.8 Å². The van der Waals surface area contributed by atoms with Crippen LogP contribution in [0.15, 0.2) is 66.2 Å². The minimum atomic E-state index is -0.957. The number of methoxy groups -OCH3 is 3. The number of ether oxygens (including phenoxy) is 4. The van der Waals surface area contributed by atoms with Crippen molar-refractivity contribution in [1.82, 2.24) is 0 Å². The molecule has 1 heterocycles. The molecule has 1 saturated heterocycles. The Hall–Kier alpha value is -4.46. The standard InChI is InChI=1S/C32H35NO7/c1-6-7-8-17-40-24-15-11-21(12-16-24)29(34)27-28(22-18-25(37-3)31(39-5)26(19-22)38-4)33(32(36)30(27)35)23-13-9-20(2)10-14-23/h9-16,18-19,28,34H,6-8,17H2,1-5H3/b29-27+. The maximum Gasteiger partial charge on any atom is 0.300 e. The predicted octanol–water partition coefficient (Wildman–Crippen LogP) is 6.22. The maximum atomic E-state index is 13.5. The third kappa shape index (κ3) is 5.61. The summed E-state index contributed by atoms with van der Waals surface area (Å²) in [5.74, 6) is -0.0858. The van der Waals surface area contributed by atoms with Crippen molar-refractivity contribution in [2.24, 2.45) is 0 Å². The number of aryl methyl sites for hydroxylation is 1. The van der Waals surface area contributed by atoms with Crippen LogP contribution >= 0.6 is 0 Å². The molecule has 0 radical (unpaired) electrons. The summed E-state index contributed by atoms with van der Waals surface area (Å²) in [6.07, 6.45) is 3.14. The van der Waals surface area contributed by atoms with Crippen LogP contribution in [0.3, 0.4) is 0 Å². The fourth-order valence-corrected chi connectivity index (χ4v) is 4.79. The number of rotatable bonds is 11. The Morgan fingerprint density at radius 2 is 1.50 bits per heavy atom. The summed E-state index contributed by atoms with van der Waals surface area (Å²) in [6.45, 7) is 4.67. The van der Waals surface area contributed by atoms with E-state index >= 15 is 0 Å². The first kappa shape index (κ1) is 28.5. The molecule has 1 unspecified atom stereocenters. The first-order chi connectivity index (χ1) is 19.3. The highest BCUT2D eigenvalue weighted by molar-refractivity contribution is 6.51. The second-order valence-corrected chi connectivity index (χ2v) is 9.54. The normalized spacial score (nSPS) is 16.2. The Morgan fingerprint density at radius 1 is 0.875 bits per heavy atom. The largest absolute Gasteiger partial charge is 0.507 e. The molecule has 1 amide bonds. The lowest BCUT2D eigenvalue weighted by Crippen LogP contribution is -2.29. The molecule has 3 aromatic rings. The third-order valence-corrected chi connectivity index (χ3v) is 6.90.